The molecule has 1 atom stereocenters. The number of anilines is 1. The number of para-hydroxylation sites is 2. The van der Waals surface area contributed by atoms with Gasteiger partial charge in [-0.3, -0.25) is 4.79 Å². The number of carbonyl (C=O) groups is 1. The number of benzene rings is 1. The molecule has 1 heterocycles. The van der Waals surface area contributed by atoms with Crippen LogP contribution in [0.1, 0.15) is 12.8 Å². The third kappa shape index (κ3) is 4.06. The molecule has 0 saturated heterocycles. The van der Waals surface area contributed by atoms with E-state index in [-0.39, 0.29) is 5.91 Å². The van der Waals surface area contributed by atoms with Crippen molar-refractivity contribution in [1.82, 2.24) is 5.32 Å². The number of unbranched alkanes of at least 4 members (excludes halogenated alkanes) is 1. The van der Waals surface area contributed by atoms with Gasteiger partial charge in [0.1, 0.15) is 5.75 Å². The fourth-order valence-electron chi connectivity index (χ4n) is 1.96. The number of amides is 1. The summed E-state index contributed by atoms with van der Waals surface area (Å²) in [7, 11) is 0. The topological polar surface area (TPSA) is 50.4 Å². The van der Waals surface area contributed by atoms with Crippen molar-refractivity contribution in [2.75, 3.05) is 30.4 Å². The molecule has 1 aliphatic heterocycles. The summed E-state index contributed by atoms with van der Waals surface area (Å²) in [4.78, 5) is 12.0. The molecule has 5 heteroatoms. The number of hydrogen-bond donors (Lipinski definition) is 2. The normalized spacial score (nSPS) is 17.0. The predicted octanol–water partition coefficient (Wildman–Crippen LogP) is 2.12. The zero-order valence-electron chi connectivity index (χ0n) is 11.1. The van der Waals surface area contributed by atoms with Gasteiger partial charge >= 0.3 is 0 Å². The molecule has 2 rings (SSSR count). The number of fused-ring (bicyclic) bond motifs is 1. The van der Waals surface area contributed by atoms with Crippen LogP contribution in [0, 0.1) is 0 Å². The molecule has 0 spiro atoms. The summed E-state index contributed by atoms with van der Waals surface area (Å²) >= 11 is 1.83. The Bertz CT molecular complexity index is 426. The molecule has 0 bridgehead atoms. The van der Waals surface area contributed by atoms with Crippen LogP contribution in [-0.4, -0.2) is 37.1 Å². The zero-order chi connectivity index (χ0) is 13.5. The largest absolute Gasteiger partial charge is 0.477 e. The van der Waals surface area contributed by atoms with Crippen molar-refractivity contribution in [2.45, 2.75) is 18.9 Å². The van der Waals surface area contributed by atoms with Gasteiger partial charge in [0, 0.05) is 6.54 Å². The van der Waals surface area contributed by atoms with Gasteiger partial charge in [-0.05, 0) is 37.0 Å². The van der Waals surface area contributed by atoms with Gasteiger partial charge in [-0.2, -0.15) is 11.8 Å². The highest BCUT2D eigenvalue weighted by Crippen LogP contribution is 2.28. The predicted molar refractivity (Wildman–Crippen MR) is 80.0 cm³/mol. The molecule has 0 fully saturated rings. The number of carbonyl (C=O) groups excluding carboxylic acids is 1. The molecule has 0 radical (unpaired) electrons. The first-order valence-corrected chi connectivity index (χ1v) is 7.97. The standard InChI is InChI=1S/C14H20N2O2S/c1-19-9-5-4-8-15-14(17)13-10-16-11-6-2-3-7-12(11)18-13/h2-3,6-7,13,16H,4-5,8-10H2,1H3,(H,15,17). The van der Waals surface area contributed by atoms with Gasteiger partial charge in [0.05, 0.1) is 12.2 Å². The van der Waals surface area contributed by atoms with Crippen LogP contribution in [0.15, 0.2) is 24.3 Å². The Hall–Kier alpha value is -1.36. The second-order valence-corrected chi connectivity index (χ2v) is 5.46. The fraction of sp³-hybridized carbons (Fsp3) is 0.500. The van der Waals surface area contributed by atoms with Crippen LogP contribution < -0.4 is 15.4 Å². The summed E-state index contributed by atoms with van der Waals surface area (Å²) < 4.78 is 5.69. The molecule has 0 saturated carbocycles. The van der Waals surface area contributed by atoms with Gasteiger partial charge in [-0.1, -0.05) is 12.1 Å². The second kappa shape index (κ2) is 7.28. The number of hydrogen-bond acceptors (Lipinski definition) is 4. The summed E-state index contributed by atoms with van der Waals surface area (Å²) in [6.07, 6.45) is 3.81. The van der Waals surface area contributed by atoms with Crippen molar-refractivity contribution in [3.8, 4) is 5.75 Å². The molecule has 1 unspecified atom stereocenters. The maximum absolute atomic E-state index is 12.0. The summed E-state index contributed by atoms with van der Waals surface area (Å²) in [6, 6.07) is 7.68. The average Bonchev–Trinajstić information content (AvgIpc) is 2.46. The van der Waals surface area contributed by atoms with E-state index in [4.69, 9.17) is 4.74 Å². The third-order valence-electron chi connectivity index (χ3n) is 3.00. The van der Waals surface area contributed by atoms with E-state index in [1.165, 1.54) is 0 Å². The highest BCUT2D eigenvalue weighted by atomic mass is 32.2. The zero-order valence-corrected chi connectivity index (χ0v) is 12.0. The number of ether oxygens (including phenoxy) is 1. The molecule has 1 aromatic carbocycles. The maximum atomic E-state index is 12.0. The number of thioether (sulfide) groups is 1. The Balaban J connectivity index is 1.76. The molecule has 2 N–H and O–H groups in total. The van der Waals surface area contributed by atoms with E-state index < -0.39 is 6.10 Å². The monoisotopic (exact) mass is 280 g/mol. The summed E-state index contributed by atoms with van der Waals surface area (Å²) in [5.41, 5.74) is 0.950. The Labute approximate surface area is 118 Å². The van der Waals surface area contributed by atoms with Gasteiger partial charge < -0.3 is 15.4 Å². The highest BCUT2D eigenvalue weighted by Gasteiger charge is 2.24. The quantitative estimate of drug-likeness (QED) is 0.784. The maximum Gasteiger partial charge on any atom is 0.262 e. The SMILES string of the molecule is CSCCCCNC(=O)C1CNc2ccccc2O1. The van der Waals surface area contributed by atoms with Crippen LogP contribution in [0.2, 0.25) is 0 Å². The summed E-state index contributed by atoms with van der Waals surface area (Å²) in [6.45, 7) is 1.24. The van der Waals surface area contributed by atoms with E-state index in [1.807, 2.05) is 36.0 Å². The Kier molecular flexibility index (Phi) is 5.39. The summed E-state index contributed by atoms with van der Waals surface area (Å²) in [5, 5.41) is 6.14. The molecular weight excluding hydrogens is 260 g/mol. The minimum atomic E-state index is -0.435. The van der Waals surface area contributed by atoms with Crippen LogP contribution in [0.4, 0.5) is 5.69 Å². The minimum Gasteiger partial charge on any atom is -0.477 e. The van der Waals surface area contributed by atoms with Crippen molar-refractivity contribution < 1.29 is 9.53 Å². The van der Waals surface area contributed by atoms with Crippen molar-refractivity contribution in [1.29, 1.82) is 0 Å². The fourth-order valence-corrected chi connectivity index (χ4v) is 2.45. The Morgan fingerprint density at radius 1 is 1.47 bits per heavy atom. The van der Waals surface area contributed by atoms with Crippen LogP contribution >= 0.6 is 11.8 Å². The van der Waals surface area contributed by atoms with Crippen molar-refractivity contribution in [3.63, 3.8) is 0 Å². The van der Waals surface area contributed by atoms with E-state index in [0.29, 0.717) is 6.54 Å². The van der Waals surface area contributed by atoms with Crippen LogP contribution in [0.25, 0.3) is 0 Å². The first-order valence-electron chi connectivity index (χ1n) is 6.57. The van der Waals surface area contributed by atoms with Crippen molar-refractivity contribution >= 4 is 23.4 Å². The van der Waals surface area contributed by atoms with Gasteiger partial charge in [-0.25, -0.2) is 0 Å². The molecule has 1 aromatic rings. The van der Waals surface area contributed by atoms with E-state index in [0.717, 1.165) is 36.6 Å². The Morgan fingerprint density at radius 2 is 2.32 bits per heavy atom. The first kappa shape index (κ1) is 14.1. The lowest BCUT2D eigenvalue weighted by Crippen LogP contribution is -2.44. The number of nitrogens with one attached hydrogen (secondary N) is 2. The van der Waals surface area contributed by atoms with E-state index in [9.17, 15) is 4.79 Å². The van der Waals surface area contributed by atoms with E-state index >= 15 is 0 Å². The summed E-state index contributed by atoms with van der Waals surface area (Å²) in [5.74, 6) is 1.85. The molecule has 0 aromatic heterocycles. The average molecular weight is 280 g/mol. The lowest BCUT2D eigenvalue weighted by atomic mass is 10.2. The third-order valence-corrected chi connectivity index (χ3v) is 3.70. The van der Waals surface area contributed by atoms with Gasteiger partial charge in [0.25, 0.3) is 5.91 Å². The highest BCUT2D eigenvalue weighted by molar-refractivity contribution is 7.98. The molecule has 19 heavy (non-hydrogen) atoms. The van der Waals surface area contributed by atoms with Crippen LogP contribution in [-0.2, 0) is 4.79 Å². The number of rotatable bonds is 6. The molecule has 1 aliphatic rings. The molecule has 1 amide bonds. The van der Waals surface area contributed by atoms with E-state index in [1.54, 1.807) is 0 Å². The van der Waals surface area contributed by atoms with E-state index in [2.05, 4.69) is 16.9 Å². The molecule has 4 nitrogen and oxygen atoms in total. The van der Waals surface area contributed by atoms with Crippen molar-refractivity contribution in [3.05, 3.63) is 24.3 Å². The first-order chi connectivity index (χ1) is 9.31. The smallest absolute Gasteiger partial charge is 0.262 e. The second-order valence-electron chi connectivity index (χ2n) is 4.47. The van der Waals surface area contributed by atoms with Crippen LogP contribution in [0.5, 0.6) is 5.75 Å². The molecule has 0 aliphatic carbocycles. The Morgan fingerprint density at radius 3 is 3.16 bits per heavy atom. The van der Waals surface area contributed by atoms with Crippen LogP contribution in [0.3, 0.4) is 0 Å². The lowest BCUT2D eigenvalue weighted by molar-refractivity contribution is -0.127. The molecule has 104 valence electrons. The van der Waals surface area contributed by atoms with Gasteiger partial charge in [-0.15, -0.1) is 0 Å². The van der Waals surface area contributed by atoms with Gasteiger partial charge in [0.2, 0.25) is 0 Å². The molecular formula is C14H20N2O2S. The van der Waals surface area contributed by atoms with Gasteiger partial charge in [0.15, 0.2) is 6.10 Å². The minimum absolute atomic E-state index is 0.0360. The van der Waals surface area contributed by atoms with Crippen molar-refractivity contribution in [2.24, 2.45) is 0 Å². The lowest BCUT2D eigenvalue weighted by Gasteiger charge is -2.26.